The van der Waals surface area contributed by atoms with Crippen LogP contribution >= 0.6 is 0 Å². The van der Waals surface area contributed by atoms with Gasteiger partial charge in [-0.15, -0.1) is 0 Å². The maximum Gasteiger partial charge on any atom is 0.261 e. The number of aliphatic hydroxyl groups is 1. The van der Waals surface area contributed by atoms with E-state index in [1.165, 1.54) is 0 Å². The van der Waals surface area contributed by atoms with E-state index in [0.717, 1.165) is 53.3 Å². The predicted molar refractivity (Wildman–Crippen MR) is 117 cm³/mol. The lowest BCUT2D eigenvalue weighted by Gasteiger charge is -2.29. The van der Waals surface area contributed by atoms with Gasteiger partial charge in [0.15, 0.2) is 0 Å². The number of fused-ring (bicyclic) bond motifs is 3. The lowest BCUT2D eigenvalue weighted by Crippen LogP contribution is -2.34. The number of aryl methyl sites for hydroxylation is 1. The molecule has 1 aromatic carbocycles. The smallest absolute Gasteiger partial charge is 0.261 e. The Morgan fingerprint density at radius 3 is 2.73 bits per heavy atom. The van der Waals surface area contributed by atoms with Crippen molar-refractivity contribution in [2.45, 2.75) is 51.2 Å². The van der Waals surface area contributed by atoms with Crippen molar-refractivity contribution >= 4 is 21.7 Å². The maximum absolute atomic E-state index is 13.5. The van der Waals surface area contributed by atoms with Crippen LogP contribution < -0.4 is 5.56 Å². The molecule has 0 amide bonds. The van der Waals surface area contributed by atoms with Crippen molar-refractivity contribution in [2.75, 3.05) is 0 Å². The summed E-state index contributed by atoms with van der Waals surface area (Å²) in [6, 6.07) is 7.71. The second-order valence-corrected chi connectivity index (χ2v) is 8.21. The van der Waals surface area contributed by atoms with Gasteiger partial charge in [-0.05, 0) is 55.5 Å². The summed E-state index contributed by atoms with van der Waals surface area (Å²) in [6.45, 7) is 1.97. The molecule has 5 rings (SSSR count). The fourth-order valence-corrected chi connectivity index (χ4v) is 4.56. The second-order valence-electron chi connectivity index (χ2n) is 8.21. The Labute approximate surface area is 174 Å². The number of hydrogen-bond acceptors (Lipinski definition) is 5. The first-order chi connectivity index (χ1) is 14.6. The van der Waals surface area contributed by atoms with E-state index in [2.05, 4.69) is 21.0 Å². The van der Waals surface area contributed by atoms with Gasteiger partial charge >= 0.3 is 0 Å². The number of nitrogens with zero attached hydrogens (tertiary/aromatic N) is 4. The van der Waals surface area contributed by atoms with E-state index >= 15 is 0 Å². The van der Waals surface area contributed by atoms with Gasteiger partial charge in [0.1, 0.15) is 0 Å². The molecule has 0 aliphatic heterocycles. The molecule has 6 heteroatoms. The minimum absolute atomic E-state index is 0.0899. The molecular formula is C24H24N4O2. The first-order valence-corrected chi connectivity index (χ1v) is 10.5. The number of hydrogen-bond donors (Lipinski definition) is 1. The van der Waals surface area contributed by atoms with Crippen molar-refractivity contribution in [3.8, 4) is 0 Å². The predicted octanol–water partition coefficient (Wildman–Crippen LogP) is 3.71. The van der Waals surface area contributed by atoms with Crippen molar-refractivity contribution < 1.29 is 5.11 Å². The molecule has 1 aliphatic rings. The van der Waals surface area contributed by atoms with E-state index in [4.69, 9.17) is 0 Å². The van der Waals surface area contributed by atoms with Crippen LogP contribution in [0, 0.1) is 6.92 Å². The molecule has 4 aromatic rings. The normalized spacial score (nSPS) is 19.4. The van der Waals surface area contributed by atoms with Gasteiger partial charge in [-0.25, -0.2) is 4.98 Å². The Bertz CT molecular complexity index is 1280. The quantitative estimate of drug-likeness (QED) is 0.530. The molecule has 0 radical (unpaired) electrons. The Morgan fingerprint density at radius 1 is 1.07 bits per heavy atom. The molecule has 0 spiro atoms. The summed E-state index contributed by atoms with van der Waals surface area (Å²) in [5, 5.41) is 13.0. The molecule has 1 saturated carbocycles. The van der Waals surface area contributed by atoms with Gasteiger partial charge in [0.05, 0.1) is 29.4 Å². The van der Waals surface area contributed by atoms with Gasteiger partial charge in [0, 0.05) is 35.1 Å². The fourth-order valence-electron chi connectivity index (χ4n) is 4.56. The average Bonchev–Trinajstić information content (AvgIpc) is 2.77. The molecule has 0 unspecified atom stereocenters. The van der Waals surface area contributed by atoms with E-state index < -0.39 is 6.10 Å². The van der Waals surface area contributed by atoms with Crippen LogP contribution in [0.4, 0.5) is 0 Å². The van der Waals surface area contributed by atoms with Crippen LogP contribution in [0.1, 0.15) is 48.5 Å². The van der Waals surface area contributed by atoms with E-state index in [1.807, 2.05) is 37.5 Å². The van der Waals surface area contributed by atoms with Gasteiger partial charge in [-0.2, -0.15) is 0 Å². The maximum atomic E-state index is 13.5. The highest BCUT2D eigenvalue weighted by atomic mass is 16.3. The van der Waals surface area contributed by atoms with Crippen LogP contribution in [0.15, 0.2) is 54.0 Å². The largest absolute Gasteiger partial charge is 0.391 e. The Balaban J connectivity index is 1.70. The molecular weight excluding hydrogens is 376 g/mol. The molecule has 3 aromatic heterocycles. The SMILES string of the molecule is Cc1ccc(Cc2cc3c(=O)n([C@H]4CCCC[C@@H]4O)cnc3c3ccncc23)cn1. The molecule has 1 N–H and O–H groups in total. The summed E-state index contributed by atoms with van der Waals surface area (Å²) in [5.74, 6) is 0. The zero-order valence-electron chi connectivity index (χ0n) is 17.0. The van der Waals surface area contributed by atoms with Gasteiger partial charge in [0.25, 0.3) is 5.56 Å². The highest BCUT2D eigenvalue weighted by molar-refractivity contribution is 6.06. The van der Waals surface area contributed by atoms with Crippen molar-refractivity contribution in [2.24, 2.45) is 0 Å². The molecule has 152 valence electrons. The molecule has 0 bridgehead atoms. The minimum Gasteiger partial charge on any atom is -0.391 e. The van der Waals surface area contributed by atoms with Crippen molar-refractivity contribution in [3.05, 3.63) is 76.4 Å². The summed E-state index contributed by atoms with van der Waals surface area (Å²) < 4.78 is 1.64. The second kappa shape index (κ2) is 7.61. The third-order valence-electron chi connectivity index (χ3n) is 6.19. The van der Waals surface area contributed by atoms with Crippen molar-refractivity contribution in [1.82, 2.24) is 19.5 Å². The molecule has 1 aliphatic carbocycles. The third kappa shape index (κ3) is 3.27. The van der Waals surface area contributed by atoms with Crippen LogP contribution in [-0.2, 0) is 6.42 Å². The van der Waals surface area contributed by atoms with E-state index in [1.54, 1.807) is 17.1 Å². The lowest BCUT2D eigenvalue weighted by atomic mass is 9.92. The van der Waals surface area contributed by atoms with Gasteiger partial charge in [-0.3, -0.25) is 19.3 Å². The number of benzene rings is 1. The van der Waals surface area contributed by atoms with Gasteiger partial charge < -0.3 is 5.11 Å². The molecule has 0 saturated heterocycles. The summed E-state index contributed by atoms with van der Waals surface area (Å²) >= 11 is 0. The van der Waals surface area contributed by atoms with Crippen LogP contribution in [0.3, 0.4) is 0 Å². The molecule has 30 heavy (non-hydrogen) atoms. The zero-order valence-corrected chi connectivity index (χ0v) is 17.0. The van der Waals surface area contributed by atoms with Crippen LogP contribution in [0.25, 0.3) is 21.7 Å². The highest BCUT2D eigenvalue weighted by Gasteiger charge is 2.26. The third-order valence-corrected chi connectivity index (χ3v) is 6.19. The summed E-state index contributed by atoms with van der Waals surface area (Å²) in [6.07, 6.45) is 10.7. The summed E-state index contributed by atoms with van der Waals surface area (Å²) in [7, 11) is 0. The van der Waals surface area contributed by atoms with Crippen LogP contribution in [-0.4, -0.2) is 30.7 Å². The summed E-state index contributed by atoms with van der Waals surface area (Å²) in [5.41, 5.74) is 3.67. The molecule has 6 nitrogen and oxygen atoms in total. The van der Waals surface area contributed by atoms with E-state index in [0.29, 0.717) is 17.3 Å². The minimum atomic E-state index is -0.501. The number of pyridine rings is 2. The number of rotatable bonds is 3. The monoisotopic (exact) mass is 400 g/mol. The van der Waals surface area contributed by atoms with Crippen LogP contribution in [0.5, 0.6) is 0 Å². The summed E-state index contributed by atoms with van der Waals surface area (Å²) in [4.78, 5) is 26.8. The first-order valence-electron chi connectivity index (χ1n) is 10.5. The van der Waals surface area contributed by atoms with Crippen molar-refractivity contribution in [1.29, 1.82) is 0 Å². The van der Waals surface area contributed by atoms with E-state index in [-0.39, 0.29) is 11.6 Å². The number of aliphatic hydroxyl groups excluding tert-OH is 1. The van der Waals surface area contributed by atoms with Gasteiger partial charge in [0.2, 0.25) is 0 Å². The molecule has 1 fully saturated rings. The zero-order chi connectivity index (χ0) is 20.7. The molecule has 2 atom stereocenters. The first kappa shape index (κ1) is 18.9. The Morgan fingerprint density at radius 2 is 1.93 bits per heavy atom. The Hall–Kier alpha value is -3.12. The van der Waals surface area contributed by atoms with Crippen molar-refractivity contribution in [3.63, 3.8) is 0 Å². The highest BCUT2D eigenvalue weighted by Crippen LogP contribution is 2.30. The standard InChI is InChI=1S/C24H24N4O2/c1-15-6-7-16(12-26-15)10-17-11-19-23(18-8-9-25-13-20(17)18)27-14-28(24(19)30)21-4-2-3-5-22(21)29/h6-9,11-14,21-22,29H,2-5,10H2,1H3/t21-,22-/m0/s1. The van der Waals surface area contributed by atoms with E-state index in [9.17, 15) is 9.90 Å². The average molecular weight is 400 g/mol. The molecule has 3 heterocycles. The lowest BCUT2D eigenvalue weighted by molar-refractivity contribution is 0.0735. The fraction of sp³-hybridized carbons (Fsp3) is 0.333. The van der Waals surface area contributed by atoms with Gasteiger partial charge in [-0.1, -0.05) is 18.9 Å². The van der Waals surface area contributed by atoms with Crippen LogP contribution in [0.2, 0.25) is 0 Å². The number of aromatic nitrogens is 4. The topological polar surface area (TPSA) is 80.9 Å². The Kier molecular flexibility index (Phi) is 4.79.